The lowest BCUT2D eigenvalue weighted by Gasteiger charge is -2.14. The van der Waals surface area contributed by atoms with Crippen molar-refractivity contribution in [1.82, 2.24) is 5.32 Å². The van der Waals surface area contributed by atoms with Crippen molar-refractivity contribution in [2.45, 2.75) is 0 Å². The Morgan fingerprint density at radius 3 is 2.67 bits per heavy atom. The van der Waals surface area contributed by atoms with Gasteiger partial charge in [0.1, 0.15) is 0 Å². The highest BCUT2D eigenvalue weighted by molar-refractivity contribution is 5.99. The average molecular weight is 126 g/mol. The van der Waals surface area contributed by atoms with Gasteiger partial charge in [0.15, 0.2) is 0 Å². The molecule has 1 aliphatic rings. The lowest BCUT2D eigenvalue weighted by molar-refractivity contribution is -0.703. The maximum atomic E-state index is 10.5. The van der Waals surface area contributed by atoms with Crippen LogP contribution in [0.5, 0.6) is 0 Å². The SMILES string of the molecule is [CH2-][NH+]1C=CC(=O)NC1=O. The molecule has 1 atom stereocenters. The van der Waals surface area contributed by atoms with Crippen molar-refractivity contribution in [3.8, 4) is 0 Å². The number of urea groups is 1. The highest BCUT2D eigenvalue weighted by atomic mass is 16.2. The molecule has 0 spiro atoms. The van der Waals surface area contributed by atoms with Gasteiger partial charge in [-0.05, 0) is 0 Å². The van der Waals surface area contributed by atoms with Crippen LogP contribution < -0.4 is 10.2 Å². The molecule has 0 radical (unpaired) electrons. The second kappa shape index (κ2) is 1.99. The Hall–Kier alpha value is -1.16. The first kappa shape index (κ1) is 5.97. The summed E-state index contributed by atoms with van der Waals surface area (Å²) in [6.45, 7) is 0. The number of carbonyl (C=O) groups excluding carboxylic acids is 2. The van der Waals surface area contributed by atoms with Crippen LogP contribution >= 0.6 is 0 Å². The molecule has 0 bridgehead atoms. The molecule has 4 nitrogen and oxygen atoms in total. The lowest BCUT2D eigenvalue weighted by Crippen LogP contribution is -3.08. The van der Waals surface area contributed by atoms with Gasteiger partial charge in [0.2, 0.25) is 0 Å². The van der Waals surface area contributed by atoms with Crippen molar-refractivity contribution in [1.29, 1.82) is 0 Å². The van der Waals surface area contributed by atoms with Crippen LogP contribution in [0, 0.1) is 7.05 Å². The highest BCUT2D eigenvalue weighted by Crippen LogP contribution is 1.72. The normalized spacial score (nSPS) is 26.1. The average Bonchev–Trinajstić information content (AvgIpc) is 1.80. The molecule has 1 aliphatic heterocycles. The van der Waals surface area contributed by atoms with Gasteiger partial charge in [0, 0.05) is 0 Å². The van der Waals surface area contributed by atoms with E-state index in [4.69, 9.17) is 0 Å². The monoisotopic (exact) mass is 126 g/mol. The van der Waals surface area contributed by atoms with Crippen molar-refractivity contribution in [3.63, 3.8) is 0 Å². The first-order valence-corrected chi connectivity index (χ1v) is 2.42. The third-order valence-electron chi connectivity index (χ3n) is 0.964. The maximum Gasteiger partial charge on any atom is 0.399 e. The Morgan fingerprint density at radius 2 is 2.22 bits per heavy atom. The number of quaternary nitrogens is 1. The zero-order valence-electron chi connectivity index (χ0n) is 4.68. The molecule has 9 heavy (non-hydrogen) atoms. The van der Waals surface area contributed by atoms with Crippen LogP contribution in [0.4, 0.5) is 4.79 Å². The summed E-state index contributed by atoms with van der Waals surface area (Å²) < 4.78 is 0. The van der Waals surface area contributed by atoms with Gasteiger partial charge in [0.05, 0.1) is 12.3 Å². The summed E-state index contributed by atoms with van der Waals surface area (Å²) in [5, 5.41) is 2.06. The Kier molecular flexibility index (Phi) is 1.32. The quantitative estimate of drug-likeness (QED) is 0.385. The van der Waals surface area contributed by atoms with E-state index in [0.717, 1.165) is 0 Å². The smallest absolute Gasteiger partial charge is 0.357 e. The summed E-state index contributed by atoms with van der Waals surface area (Å²) in [6.07, 6.45) is 2.66. The Bertz CT molecular complexity index is 185. The minimum absolute atomic E-state index is 0.314. The molecule has 2 N–H and O–H groups in total. The van der Waals surface area contributed by atoms with Crippen LogP contribution in [0.3, 0.4) is 0 Å². The van der Waals surface area contributed by atoms with Gasteiger partial charge in [-0.3, -0.25) is 4.79 Å². The van der Waals surface area contributed by atoms with E-state index < -0.39 is 6.03 Å². The number of amides is 3. The molecule has 1 unspecified atom stereocenters. The van der Waals surface area contributed by atoms with E-state index in [1.165, 1.54) is 12.3 Å². The molecule has 0 aromatic carbocycles. The van der Waals surface area contributed by atoms with Crippen molar-refractivity contribution in [2.75, 3.05) is 0 Å². The van der Waals surface area contributed by atoms with Crippen LogP contribution in [0.2, 0.25) is 0 Å². The molecule has 0 fully saturated rings. The van der Waals surface area contributed by atoms with Gasteiger partial charge >= 0.3 is 6.03 Å². The molecule has 3 amide bonds. The van der Waals surface area contributed by atoms with Crippen molar-refractivity contribution >= 4 is 11.9 Å². The second-order valence-corrected chi connectivity index (χ2v) is 1.68. The molecule has 1 heterocycles. The Balaban J connectivity index is 2.76. The van der Waals surface area contributed by atoms with Crippen LogP contribution in [-0.2, 0) is 4.79 Å². The van der Waals surface area contributed by atoms with E-state index in [1.807, 2.05) is 0 Å². The van der Waals surface area contributed by atoms with Gasteiger partial charge < -0.3 is 4.90 Å². The second-order valence-electron chi connectivity index (χ2n) is 1.68. The number of hydrogen-bond acceptors (Lipinski definition) is 2. The van der Waals surface area contributed by atoms with E-state index in [1.54, 1.807) is 0 Å². The summed E-state index contributed by atoms with van der Waals surface area (Å²) >= 11 is 0. The fourth-order valence-corrected chi connectivity index (χ4v) is 0.486. The topological polar surface area (TPSA) is 50.6 Å². The molecule has 1 rings (SSSR count). The zero-order chi connectivity index (χ0) is 6.85. The summed E-state index contributed by atoms with van der Waals surface area (Å²) in [4.78, 5) is 21.2. The van der Waals surface area contributed by atoms with E-state index in [0.29, 0.717) is 4.90 Å². The number of hydrogen-bond donors (Lipinski definition) is 2. The van der Waals surface area contributed by atoms with Crippen molar-refractivity contribution < 1.29 is 14.5 Å². The molecular formula is C5H6N2O2. The third-order valence-corrected chi connectivity index (χ3v) is 0.964. The summed E-state index contributed by atoms with van der Waals surface area (Å²) in [7, 11) is 3.38. The van der Waals surface area contributed by atoms with E-state index >= 15 is 0 Å². The van der Waals surface area contributed by atoms with Crippen LogP contribution in [0.1, 0.15) is 0 Å². The van der Waals surface area contributed by atoms with E-state index in [-0.39, 0.29) is 5.91 Å². The molecule has 4 heteroatoms. The molecule has 0 aromatic heterocycles. The van der Waals surface area contributed by atoms with Crippen LogP contribution in [-0.4, -0.2) is 11.9 Å². The largest absolute Gasteiger partial charge is 0.399 e. The van der Waals surface area contributed by atoms with Gasteiger partial charge in [-0.1, -0.05) is 0 Å². The lowest BCUT2D eigenvalue weighted by atomic mass is 10.5. The summed E-state index contributed by atoms with van der Waals surface area (Å²) in [5.41, 5.74) is 0. The predicted octanol–water partition coefficient (Wildman–Crippen LogP) is -1.57. The van der Waals surface area contributed by atoms with E-state index in [2.05, 4.69) is 12.4 Å². The predicted molar refractivity (Wildman–Crippen MR) is 29.0 cm³/mol. The zero-order valence-corrected chi connectivity index (χ0v) is 4.68. The number of nitrogens with one attached hydrogen (secondary N) is 2. The summed E-state index contributed by atoms with van der Waals surface area (Å²) in [6, 6.07) is -0.414. The summed E-state index contributed by atoms with van der Waals surface area (Å²) in [5.74, 6) is -0.382. The van der Waals surface area contributed by atoms with Crippen LogP contribution in [0.15, 0.2) is 12.3 Å². The fourth-order valence-electron chi connectivity index (χ4n) is 0.486. The molecule has 0 aliphatic carbocycles. The highest BCUT2D eigenvalue weighted by Gasteiger charge is 2.14. The van der Waals surface area contributed by atoms with Gasteiger partial charge in [-0.15, -0.1) is 7.05 Å². The molecule has 0 saturated carbocycles. The van der Waals surface area contributed by atoms with Gasteiger partial charge in [0.25, 0.3) is 5.91 Å². The third kappa shape index (κ3) is 1.14. The standard InChI is InChI=1S/C5H6N2O2/c1-7-3-2-4(8)6-5(7)9/h2-3,7H,1H2,(H,6,8,9). The van der Waals surface area contributed by atoms with Gasteiger partial charge in [-0.25, -0.2) is 10.1 Å². The molecule has 48 valence electrons. The van der Waals surface area contributed by atoms with Crippen molar-refractivity contribution in [2.24, 2.45) is 0 Å². The molecule has 0 saturated heterocycles. The first-order valence-electron chi connectivity index (χ1n) is 2.42. The number of rotatable bonds is 0. The first-order chi connectivity index (χ1) is 4.20. The molecule has 0 aromatic rings. The molecular weight excluding hydrogens is 120 g/mol. The Morgan fingerprint density at radius 1 is 1.56 bits per heavy atom. The fraction of sp³-hybridized carbons (Fsp3) is 0. The maximum absolute atomic E-state index is 10.5. The minimum Gasteiger partial charge on any atom is -0.357 e. The van der Waals surface area contributed by atoms with Crippen LogP contribution in [0.25, 0.3) is 0 Å². The van der Waals surface area contributed by atoms with Crippen molar-refractivity contribution in [3.05, 3.63) is 19.3 Å². The minimum atomic E-state index is -0.414. The van der Waals surface area contributed by atoms with Gasteiger partial charge in [-0.2, -0.15) is 0 Å². The number of carbonyl (C=O) groups is 2. The Labute approximate surface area is 52.1 Å². The number of imide groups is 1. The van der Waals surface area contributed by atoms with E-state index in [9.17, 15) is 9.59 Å².